The molecule has 0 aliphatic carbocycles. The molecular weight excluding hydrogens is 269 g/mol. The van der Waals surface area contributed by atoms with Crippen LogP contribution in [0, 0.1) is 15.9 Å². The summed E-state index contributed by atoms with van der Waals surface area (Å²) in [6, 6.07) is 2.00. The van der Waals surface area contributed by atoms with Crippen LogP contribution in [0.15, 0.2) is 17.0 Å². The normalized spacial score (nSPS) is 14.4. The molecular formula is C10H11ClFNO3S. The molecule has 0 spiro atoms. The summed E-state index contributed by atoms with van der Waals surface area (Å²) in [6.45, 7) is 3.27. The van der Waals surface area contributed by atoms with Crippen LogP contribution in [0.5, 0.6) is 0 Å². The van der Waals surface area contributed by atoms with Gasteiger partial charge in [-0.3, -0.25) is 10.1 Å². The predicted molar refractivity (Wildman–Crippen MR) is 65.1 cm³/mol. The molecule has 0 heterocycles. The number of benzene rings is 1. The Morgan fingerprint density at radius 1 is 1.53 bits per heavy atom. The van der Waals surface area contributed by atoms with Gasteiger partial charge in [-0.05, 0) is 13.0 Å². The van der Waals surface area contributed by atoms with Crippen LogP contribution in [-0.2, 0) is 0 Å². The molecule has 2 unspecified atom stereocenters. The maximum absolute atomic E-state index is 13.2. The third-order valence-corrected chi connectivity index (χ3v) is 3.83. The van der Waals surface area contributed by atoms with Crippen LogP contribution >= 0.6 is 23.4 Å². The SMILES string of the molecule is CC(O)C(C)Sc1cc(F)c(Cl)cc1[N+](=O)[O-]. The van der Waals surface area contributed by atoms with Crippen molar-refractivity contribution in [2.75, 3.05) is 0 Å². The minimum absolute atomic E-state index is 0.158. The number of hydrogen-bond acceptors (Lipinski definition) is 4. The first kappa shape index (κ1) is 14.2. The third-order valence-electron chi connectivity index (χ3n) is 2.19. The molecule has 17 heavy (non-hydrogen) atoms. The van der Waals surface area contributed by atoms with Gasteiger partial charge in [0.05, 0.1) is 20.9 Å². The molecule has 4 nitrogen and oxygen atoms in total. The van der Waals surface area contributed by atoms with Crippen molar-refractivity contribution in [3.8, 4) is 0 Å². The molecule has 94 valence electrons. The van der Waals surface area contributed by atoms with Crippen molar-refractivity contribution < 1.29 is 14.4 Å². The summed E-state index contributed by atoms with van der Waals surface area (Å²) in [7, 11) is 0. The van der Waals surface area contributed by atoms with E-state index in [9.17, 15) is 19.6 Å². The fraction of sp³-hybridized carbons (Fsp3) is 0.400. The van der Waals surface area contributed by atoms with Gasteiger partial charge in [-0.2, -0.15) is 0 Å². The van der Waals surface area contributed by atoms with E-state index in [1.807, 2.05) is 0 Å². The first-order valence-electron chi connectivity index (χ1n) is 4.81. The van der Waals surface area contributed by atoms with Crippen molar-refractivity contribution in [2.24, 2.45) is 0 Å². The van der Waals surface area contributed by atoms with E-state index >= 15 is 0 Å². The second-order valence-electron chi connectivity index (χ2n) is 3.55. The molecule has 0 saturated heterocycles. The Hall–Kier alpha value is -0.850. The zero-order chi connectivity index (χ0) is 13.2. The summed E-state index contributed by atoms with van der Waals surface area (Å²) in [4.78, 5) is 10.3. The van der Waals surface area contributed by atoms with E-state index in [4.69, 9.17) is 11.6 Å². The van der Waals surface area contributed by atoms with E-state index in [0.29, 0.717) is 0 Å². The Kier molecular flexibility index (Phi) is 4.73. The molecule has 0 aliphatic rings. The Morgan fingerprint density at radius 3 is 2.59 bits per heavy atom. The lowest BCUT2D eigenvalue weighted by Crippen LogP contribution is -2.15. The molecule has 7 heteroatoms. The molecule has 0 saturated carbocycles. The molecule has 1 aromatic rings. The van der Waals surface area contributed by atoms with Crippen LogP contribution < -0.4 is 0 Å². The summed E-state index contributed by atoms with van der Waals surface area (Å²) in [6.07, 6.45) is -0.654. The van der Waals surface area contributed by atoms with E-state index in [2.05, 4.69) is 0 Å². The van der Waals surface area contributed by atoms with Crippen LogP contribution in [0.3, 0.4) is 0 Å². The zero-order valence-corrected chi connectivity index (χ0v) is 10.8. The fourth-order valence-electron chi connectivity index (χ4n) is 1.05. The molecule has 1 N–H and O–H groups in total. The summed E-state index contributed by atoms with van der Waals surface area (Å²) in [5, 5.41) is 19.5. The highest BCUT2D eigenvalue weighted by Crippen LogP contribution is 2.36. The number of nitrogens with zero attached hydrogens (tertiary/aromatic N) is 1. The predicted octanol–water partition coefficient (Wildman–Crippen LogP) is 3.25. The molecule has 0 aromatic heterocycles. The van der Waals surface area contributed by atoms with E-state index in [0.717, 1.165) is 23.9 Å². The topological polar surface area (TPSA) is 63.4 Å². The quantitative estimate of drug-likeness (QED) is 0.522. The zero-order valence-electron chi connectivity index (χ0n) is 9.18. The van der Waals surface area contributed by atoms with E-state index in [1.165, 1.54) is 0 Å². The molecule has 1 aromatic carbocycles. The van der Waals surface area contributed by atoms with Gasteiger partial charge >= 0.3 is 0 Å². The Bertz CT molecular complexity index is 442. The average molecular weight is 280 g/mol. The molecule has 2 atom stereocenters. The number of thioether (sulfide) groups is 1. The van der Waals surface area contributed by atoms with E-state index in [1.54, 1.807) is 13.8 Å². The summed E-state index contributed by atoms with van der Waals surface area (Å²) >= 11 is 6.53. The third kappa shape index (κ3) is 3.55. The van der Waals surface area contributed by atoms with Crippen molar-refractivity contribution in [1.82, 2.24) is 0 Å². The standard InChI is InChI=1S/C10H11ClFNO3S/c1-5(14)6(2)17-10-4-8(12)7(11)3-9(10)13(15)16/h3-6,14H,1-2H3. The van der Waals surface area contributed by atoms with Crippen molar-refractivity contribution in [3.05, 3.63) is 33.1 Å². The van der Waals surface area contributed by atoms with Gasteiger partial charge in [-0.15, -0.1) is 11.8 Å². The van der Waals surface area contributed by atoms with Crippen molar-refractivity contribution in [2.45, 2.75) is 30.1 Å². The van der Waals surface area contributed by atoms with Crippen molar-refractivity contribution >= 4 is 29.1 Å². The second kappa shape index (κ2) is 5.66. The number of aliphatic hydroxyl groups excluding tert-OH is 1. The average Bonchev–Trinajstić information content (AvgIpc) is 2.22. The number of hydrogen-bond donors (Lipinski definition) is 1. The van der Waals surface area contributed by atoms with Crippen LogP contribution in [0.2, 0.25) is 5.02 Å². The van der Waals surface area contributed by atoms with Gasteiger partial charge in [-0.1, -0.05) is 18.5 Å². The lowest BCUT2D eigenvalue weighted by Gasteiger charge is -2.14. The second-order valence-corrected chi connectivity index (χ2v) is 5.38. The van der Waals surface area contributed by atoms with Gasteiger partial charge in [0.1, 0.15) is 5.82 Å². The maximum Gasteiger partial charge on any atom is 0.284 e. The molecule has 0 bridgehead atoms. The summed E-state index contributed by atoms with van der Waals surface area (Å²) in [5.74, 6) is -0.711. The number of rotatable bonds is 4. The number of nitro groups is 1. The van der Waals surface area contributed by atoms with Gasteiger partial charge in [0.15, 0.2) is 0 Å². The highest BCUT2D eigenvalue weighted by atomic mass is 35.5. The first-order chi connectivity index (χ1) is 7.82. The van der Waals surface area contributed by atoms with Crippen LogP contribution in [0.25, 0.3) is 0 Å². The Labute approximate surface area is 107 Å². The highest BCUT2D eigenvalue weighted by Gasteiger charge is 2.21. The lowest BCUT2D eigenvalue weighted by molar-refractivity contribution is -0.387. The monoisotopic (exact) mass is 279 g/mol. The molecule has 0 fully saturated rings. The van der Waals surface area contributed by atoms with Gasteiger partial charge in [0.2, 0.25) is 0 Å². The highest BCUT2D eigenvalue weighted by molar-refractivity contribution is 8.00. The van der Waals surface area contributed by atoms with Gasteiger partial charge in [0.25, 0.3) is 5.69 Å². The Balaban J connectivity index is 3.13. The number of halogens is 2. The maximum atomic E-state index is 13.2. The minimum atomic E-state index is -0.711. The minimum Gasteiger partial charge on any atom is -0.392 e. The molecule has 0 aliphatic heterocycles. The lowest BCUT2D eigenvalue weighted by atomic mass is 10.3. The molecule has 0 amide bonds. The first-order valence-corrected chi connectivity index (χ1v) is 6.07. The Morgan fingerprint density at radius 2 is 2.12 bits per heavy atom. The van der Waals surface area contributed by atoms with E-state index in [-0.39, 0.29) is 20.9 Å². The number of nitro benzene ring substituents is 1. The molecule has 1 rings (SSSR count). The fourth-order valence-corrected chi connectivity index (χ4v) is 2.24. The van der Waals surface area contributed by atoms with Crippen LogP contribution in [0.4, 0.5) is 10.1 Å². The van der Waals surface area contributed by atoms with Gasteiger partial charge in [0, 0.05) is 11.3 Å². The number of aliphatic hydroxyl groups is 1. The van der Waals surface area contributed by atoms with Crippen molar-refractivity contribution in [3.63, 3.8) is 0 Å². The van der Waals surface area contributed by atoms with E-state index < -0.39 is 16.8 Å². The van der Waals surface area contributed by atoms with Crippen LogP contribution in [-0.4, -0.2) is 21.4 Å². The summed E-state index contributed by atoms with van der Waals surface area (Å²) in [5.41, 5.74) is -0.256. The smallest absolute Gasteiger partial charge is 0.284 e. The molecule has 0 radical (unpaired) electrons. The van der Waals surface area contributed by atoms with Crippen molar-refractivity contribution in [1.29, 1.82) is 0 Å². The summed E-state index contributed by atoms with van der Waals surface area (Å²) < 4.78 is 13.2. The van der Waals surface area contributed by atoms with Gasteiger partial charge in [-0.25, -0.2) is 4.39 Å². The van der Waals surface area contributed by atoms with Gasteiger partial charge < -0.3 is 5.11 Å². The van der Waals surface area contributed by atoms with Crippen LogP contribution in [0.1, 0.15) is 13.8 Å². The largest absolute Gasteiger partial charge is 0.392 e.